The average Bonchev–Trinajstić information content (AvgIpc) is 2.34. The van der Waals surface area contributed by atoms with Crippen molar-refractivity contribution in [2.75, 3.05) is 5.32 Å². The summed E-state index contributed by atoms with van der Waals surface area (Å²) in [5.74, 6) is -0.260. The summed E-state index contributed by atoms with van der Waals surface area (Å²) in [6.07, 6.45) is 0. The van der Waals surface area contributed by atoms with Crippen molar-refractivity contribution in [3.8, 4) is 0 Å². The molecule has 5 heteroatoms. The van der Waals surface area contributed by atoms with E-state index >= 15 is 0 Å². The number of hydrogen-bond acceptors (Lipinski definition) is 1. The summed E-state index contributed by atoms with van der Waals surface area (Å²) < 4.78 is 14.0. The predicted molar refractivity (Wildman–Crippen MR) is 77.9 cm³/mol. The van der Waals surface area contributed by atoms with E-state index in [1.807, 2.05) is 6.07 Å². The highest BCUT2D eigenvalue weighted by molar-refractivity contribution is 9.10. The third kappa shape index (κ3) is 3.37. The van der Waals surface area contributed by atoms with E-state index in [2.05, 4.69) is 21.2 Å². The van der Waals surface area contributed by atoms with Gasteiger partial charge < -0.3 is 5.32 Å². The van der Waals surface area contributed by atoms with E-state index in [9.17, 15) is 4.39 Å². The lowest BCUT2D eigenvalue weighted by atomic mass is 10.2. The molecule has 0 aliphatic carbocycles. The molecule has 0 bridgehead atoms. The second-order valence-corrected chi connectivity index (χ2v) is 5.39. The van der Waals surface area contributed by atoms with Gasteiger partial charge in [-0.2, -0.15) is 0 Å². The zero-order chi connectivity index (χ0) is 13.1. The second kappa shape index (κ2) is 5.91. The Morgan fingerprint density at radius 3 is 2.56 bits per heavy atom. The number of halogens is 4. The molecule has 1 N–H and O–H groups in total. The first-order valence-electron chi connectivity index (χ1n) is 5.19. The van der Waals surface area contributed by atoms with Gasteiger partial charge in [-0.1, -0.05) is 39.1 Å². The Labute approximate surface area is 123 Å². The van der Waals surface area contributed by atoms with Crippen LogP contribution in [0.25, 0.3) is 0 Å². The van der Waals surface area contributed by atoms with Crippen LogP contribution in [-0.2, 0) is 6.54 Å². The molecule has 0 aromatic heterocycles. The molecular weight excluding hydrogens is 340 g/mol. The van der Waals surface area contributed by atoms with Crippen LogP contribution < -0.4 is 5.32 Å². The van der Waals surface area contributed by atoms with Crippen LogP contribution in [-0.4, -0.2) is 0 Å². The minimum atomic E-state index is -0.260. The van der Waals surface area contributed by atoms with Crippen LogP contribution in [0.1, 0.15) is 5.56 Å². The predicted octanol–water partition coefficient (Wildman–Crippen LogP) is 5.51. The van der Waals surface area contributed by atoms with E-state index in [-0.39, 0.29) is 5.82 Å². The Bertz CT molecular complexity index is 575. The van der Waals surface area contributed by atoms with Crippen molar-refractivity contribution in [1.29, 1.82) is 0 Å². The molecule has 2 aromatic carbocycles. The van der Waals surface area contributed by atoms with Gasteiger partial charge in [-0.3, -0.25) is 0 Å². The lowest BCUT2D eigenvalue weighted by Gasteiger charge is -2.09. The average molecular weight is 349 g/mol. The monoisotopic (exact) mass is 347 g/mol. The van der Waals surface area contributed by atoms with Crippen molar-refractivity contribution < 1.29 is 4.39 Å². The SMILES string of the molecule is Fc1ccc(Br)c(CNc2ccc(Cl)c(Cl)c2)c1. The quantitative estimate of drug-likeness (QED) is 0.771. The largest absolute Gasteiger partial charge is 0.381 e. The topological polar surface area (TPSA) is 12.0 Å². The van der Waals surface area contributed by atoms with Crippen LogP contribution >= 0.6 is 39.1 Å². The number of anilines is 1. The minimum absolute atomic E-state index is 0.260. The molecule has 0 fully saturated rings. The molecule has 1 nitrogen and oxygen atoms in total. The molecule has 0 unspecified atom stereocenters. The van der Waals surface area contributed by atoms with E-state index in [1.165, 1.54) is 12.1 Å². The van der Waals surface area contributed by atoms with Crippen molar-refractivity contribution >= 4 is 44.8 Å². The second-order valence-electron chi connectivity index (χ2n) is 3.72. The fourth-order valence-electron chi connectivity index (χ4n) is 1.48. The molecule has 0 saturated carbocycles. The summed E-state index contributed by atoms with van der Waals surface area (Å²) >= 11 is 15.1. The van der Waals surface area contributed by atoms with Crippen molar-refractivity contribution in [2.45, 2.75) is 6.54 Å². The van der Waals surface area contributed by atoms with E-state index in [1.54, 1.807) is 18.2 Å². The smallest absolute Gasteiger partial charge is 0.123 e. The molecule has 0 amide bonds. The molecular formula is C13H9BrCl2FN. The maximum absolute atomic E-state index is 13.1. The molecule has 0 aliphatic rings. The van der Waals surface area contributed by atoms with E-state index in [4.69, 9.17) is 23.2 Å². The van der Waals surface area contributed by atoms with Crippen LogP contribution in [0.2, 0.25) is 10.0 Å². The van der Waals surface area contributed by atoms with E-state index < -0.39 is 0 Å². The number of nitrogens with one attached hydrogen (secondary N) is 1. The van der Waals surface area contributed by atoms with Gasteiger partial charge in [0.15, 0.2) is 0 Å². The molecule has 2 rings (SSSR count). The van der Waals surface area contributed by atoms with Gasteiger partial charge >= 0.3 is 0 Å². The summed E-state index contributed by atoms with van der Waals surface area (Å²) in [7, 11) is 0. The number of hydrogen-bond donors (Lipinski definition) is 1. The van der Waals surface area contributed by atoms with Crippen LogP contribution in [0, 0.1) is 5.82 Å². The molecule has 0 saturated heterocycles. The van der Waals surface area contributed by atoms with Gasteiger partial charge in [-0.05, 0) is 42.0 Å². The molecule has 2 aromatic rings. The molecule has 94 valence electrons. The Morgan fingerprint density at radius 2 is 1.83 bits per heavy atom. The Morgan fingerprint density at radius 1 is 1.06 bits per heavy atom. The van der Waals surface area contributed by atoms with Crippen molar-refractivity contribution in [3.63, 3.8) is 0 Å². The van der Waals surface area contributed by atoms with Gasteiger partial charge in [0.25, 0.3) is 0 Å². The molecule has 0 aliphatic heterocycles. The molecule has 18 heavy (non-hydrogen) atoms. The number of benzene rings is 2. The highest BCUT2D eigenvalue weighted by atomic mass is 79.9. The highest BCUT2D eigenvalue weighted by Crippen LogP contribution is 2.26. The zero-order valence-corrected chi connectivity index (χ0v) is 12.3. The first-order chi connectivity index (χ1) is 8.56. The summed E-state index contributed by atoms with van der Waals surface area (Å²) in [5, 5.41) is 4.15. The van der Waals surface area contributed by atoms with Crippen LogP contribution in [0.5, 0.6) is 0 Å². The van der Waals surface area contributed by atoms with Gasteiger partial charge in [0.05, 0.1) is 10.0 Å². The maximum atomic E-state index is 13.1. The lowest BCUT2D eigenvalue weighted by molar-refractivity contribution is 0.625. The van der Waals surface area contributed by atoms with Crippen LogP contribution in [0.4, 0.5) is 10.1 Å². The fourth-order valence-corrected chi connectivity index (χ4v) is 2.17. The van der Waals surface area contributed by atoms with Crippen LogP contribution in [0.3, 0.4) is 0 Å². The normalized spacial score (nSPS) is 10.4. The summed E-state index contributed by atoms with van der Waals surface area (Å²) in [5.41, 5.74) is 1.67. The van der Waals surface area contributed by atoms with Crippen LogP contribution in [0.15, 0.2) is 40.9 Å². The Kier molecular flexibility index (Phi) is 4.49. The maximum Gasteiger partial charge on any atom is 0.123 e. The Hall–Kier alpha value is -0.770. The van der Waals surface area contributed by atoms with E-state index in [0.717, 1.165) is 15.7 Å². The highest BCUT2D eigenvalue weighted by Gasteiger charge is 2.03. The number of rotatable bonds is 3. The molecule has 0 spiro atoms. The summed E-state index contributed by atoms with van der Waals surface area (Å²) in [6.45, 7) is 0.496. The van der Waals surface area contributed by atoms with Gasteiger partial charge in [0.1, 0.15) is 5.82 Å². The van der Waals surface area contributed by atoms with Gasteiger partial charge in [0.2, 0.25) is 0 Å². The van der Waals surface area contributed by atoms with Crippen molar-refractivity contribution in [1.82, 2.24) is 0 Å². The lowest BCUT2D eigenvalue weighted by Crippen LogP contribution is -2.00. The van der Waals surface area contributed by atoms with E-state index in [0.29, 0.717) is 16.6 Å². The molecule has 0 heterocycles. The first kappa shape index (κ1) is 13.7. The fraction of sp³-hybridized carbons (Fsp3) is 0.0769. The summed E-state index contributed by atoms with van der Waals surface area (Å²) in [4.78, 5) is 0. The van der Waals surface area contributed by atoms with Crippen molar-refractivity contribution in [2.24, 2.45) is 0 Å². The Balaban J connectivity index is 2.11. The van der Waals surface area contributed by atoms with Gasteiger partial charge in [-0.25, -0.2) is 4.39 Å². The zero-order valence-electron chi connectivity index (χ0n) is 9.18. The standard InChI is InChI=1S/C13H9BrCl2FN/c14-11-3-1-9(17)5-8(11)7-18-10-2-4-12(15)13(16)6-10/h1-6,18H,7H2. The first-order valence-corrected chi connectivity index (χ1v) is 6.74. The third-order valence-electron chi connectivity index (χ3n) is 2.41. The molecule has 0 atom stereocenters. The van der Waals surface area contributed by atoms with Gasteiger partial charge in [-0.15, -0.1) is 0 Å². The summed E-state index contributed by atoms with van der Waals surface area (Å²) in [6, 6.07) is 9.84. The minimum Gasteiger partial charge on any atom is -0.381 e. The van der Waals surface area contributed by atoms with Gasteiger partial charge in [0, 0.05) is 16.7 Å². The molecule has 0 radical (unpaired) electrons. The third-order valence-corrected chi connectivity index (χ3v) is 3.92. The van der Waals surface area contributed by atoms with Crippen molar-refractivity contribution in [3.05, 3.63) is 62.3 Å².